The molecule has 0 atom stereocenters. The van der Waals surface area contributed by atoms with Crippen LogP contribution in [0.5, 0.6) is 0 Å². The second kappa shape index (κ2) is 9.59. The molecule has 0 saturated heterocycles. The van der Waals surface area contributed by atoms with Crippen molar-refractivity contribution in [2.75, 3.05) is 10.6 Å². The van der Waals surface area contributed by atoms with Crippen molar-refractivity contribution >= 4 is 23.1 Å². The van der Waals surface area contributed by atoms with Crippen LogP contribution in [0.3, 0.4) is 0 Å². The smallest absolute Gasteiger partial charge is 0.340 e. The van der Waals surface area contributed by atoms with Crippen LogP contribution in [0.1, 0.15) is 61.6 Å². The fraction of sp³-hybridized carbons (Fsp3) is 0.360. The summed E-state index contributed by atoms with van der Waals surface area (Å²) in [6.45, 7) is 2.11. The van der Waals surface area contributed by atoms with Crippen molar-refractivity contribution in [2.45, 2.75) is 57.5 Å². The molecule has 2 N–H and O–H groups in total. The number of nitrogens with one attached hydrogen (secondary N) is 2. The topological polar surface area (TPSA) is 49.8 Å². The van der Waals surface area contributed by atoms with Gasteiger partial charge in [0.15, 0.2) is 0 Å². The summed E-state index contributed by atoms with van der Waals surface area (Å²) >= 11 is 0. The van der Waals surface area contributed by atoms with Gasteiger partial charge in [0.2, 0.25) is 5.95 Å². The number of aryl methyl sites for hydroxylation is 1. The molecular weight excluding hydrogens is 413 g/mol. The van der Waals surface area contributed by atoms with E-state index in [-0.39, 0.29) is 11.8 Å². The first kappa shape index (κ1) is 22.1. The number of anilines is 4. The minimum atomic E-state index is -4.56. The summed E-state index contributed by atoms with van der Waals surface area (Å²) in [5.41, 5.74) is 2.82. The van der Waals surface area contributed by atoms with Gasteiger partial charge in [-0.15, -0.1) is 0 Å². The molecule has 1 heterocycles. The molecule has 1 aliphatic rings. The molecule has 0 spiro atoms. The van der Waals surface area contributed by atoms with Gasteiger partial charge < -0.3 is 10.6 Å². The average molecular weight is 441 g/mol. The van der Waals surface area contributed by atoms with Gasteiger partial charge >= 0.3 is 6.18 Å². The molecule has 168 valence electrons. The van der Waals surface area contributed by atoms with Crippen molar-refractivity contribution in [2.24, 2.45) is 0 Å². The van der Waals surface area contributed by atoms with E-state index in [9.17, 15) is 13.2 Å². The van der Waals surface area contributed by atoms with Crippen molar-refractivity contribution < 1.29 is 13.2 Å². The van der Waals surface area contributed by atoms with Gasteiger partial charge in [-0.3, -0.25) is 0 Å². The number of nitrogens with zero attached hydrogens (tertiary/aromatic N) is 2. The quantitative estimate of drug-likeness (QED) is 0.397. The maximum atomic E-state index is 13.6. The average Bonchev–Trinajstić information content (AvgIpc) is 3.30. The molecule has 0 aliphatic heterocycles. The van der Waals surface area contributed by atoms with Gasteiger partial charge in [0.1, 0.15) is 11.4 Å². The highest BCUT2D eigenvalue weighted by atomic mass is 19.4. The molecule has 0 amide bonds. The number of hydrogen-bond donors (Lipinski definition) is 2. The van der Waals surface area contributed by atoms with Crippen LogP contribution < -0.4 is 10.6 Å². The van der Waals surface area contributed by atoms with Crippen LogP contribution >= 0.6 is 0 Å². The van der Waals surface area contributed by atoms with E-state index in [1.165, 1.54) is 36.8 Å². The highest BCUT2D eigenvalue weighted by Crippen LogP contribution is 2.37. The predicted molar refractivity (Wildman–Crippen MR) is 122 cm³/mol. The molecule has 0 unspecified atom stereocenters. The normalized spacial score (nSPS) is 14.5. The van der Waals surface area contributed by atoms with Crippen LogP contribution in [0, 0.1) is 0 Å². The van der Waals surface area contributed by atoms with Gasteiger partial charge in [0.25, 0.3) is 0 Å². The molecule has 1 fully saturated rings. The number of hydrogen-bond acceptors (Lipinski definition) is 4. The monoisotopic (exact) mass is 440 g/mol. The minimum absolute atomic E-state index is 0.103. The molecule has 4 nitrogen and oxygen atoms in total. The molecule has 1 aromatic heterocycles. The molecule has 7 heteroatoms. The lowest BCUT2D eigenvalue weighted by Crippen LogP contribution is -2.12. The summed E-state index contributed by atoms with van der Waals surface area (Å²) < 4.78 is 40.7. The maximum absolute atomic E-state index is 13.6. The van der Waals surface area contributed by atoms with Crippen LogP contribution in [0.4, 0.5) is 36.3 Å². The Morgan fingerprint density at radius 1 is 0.906 bits per heavy atom. The molecule has 1 saturated carbocycles. The van der Waals surface area contributed by atoms with Gasteiger partial charge in [-0.05, 0) is 60.6 Å². The fourth-order valence-corrected chi connectivity index (χ4v) is 4.15. The van der Waals surface area contributed by atoms with Crippen LogP contribution in [-0.4, -0.2) is 9.97 Å². The van der Waals surface area contributed by atoms with Crippen molar-refractivity contribution in [1.82, 2.24) is 9.97 Å². The molecule has 32 heavy (non-hydrogen) atoms. The molecule has 2 aromatic carbocycles. The van der Waals surface area contributed by atoms with E-state index in [4.69, 9.17) is 0 Å². The van der Waals surface area contributed by atoms with Gasteiger partial charge in [-0.2, -0.15) is 18.2 Å². The van der Waals surface area contributed by atoms with Gasteiger partial charge in [-0.1, -0.05) is 50.5 Å². The van der Waals surface area contributed by atoms with Crippen molar-refractivity contribution in [3.63, 3.8) is 0 Å². The summed E-state index contributed by atoms with van der Waals surface area (Å²) in [5, 5.41) is 5.83. The SMILES string of the molecule is CCCc1ccc(Nc2ncc(C(F)(F)F)c(Nc3ccc(C4CCCC4)cc3)n2)cc1. The predicted octanol–water partition coefficient (Wildman–Crippen LogP) is 7.59. The van der Waals surface area contributed by atoms with Crippen molar-refractivity contribution in [1.29, 1.82) is 0 Å². The molecular formula is C25H27F3N4. The van der Waals surface area contributed by atoms with Crippen LogP contribution in [0.25, 0.3) is 0 Å². The minimum Gasteiger partial charge on any atom is -0.340 e. The summed E-state index contributed by atoms with van der Waals surface area (Å²) in [4.78, 5) is 8.02. The largest absolute Gasteiger partial charge is 0.421 e. The Kier molecular flexibility index (Phi) is 6.63. The third kappa shape index (κ3) is 5.39. The maximum Gasteiger partial charge on any atom is 0.421 e. The Balaban J connectivity index is 1.55. The van der Waals surface area contributed by atoms with Gasteiger partial charge in [-0.25, -0.2) is 4.98 Å². The van der Waals surface area contributed by atoms with E-state index in [0.717, 1.165) is 24.7 Å². The third-order valence-corrected chi connectivity index (χ3v) is 5.84. The lowest BCUT2D eigenvalue weighted by Gasteiger charge is -2.16. The zero-order valence-electron chi connectivity index (χ0n) is 18.0. The summed E-state index contributed by atoms with van der Waals surface area (Å²) in [6, 6.07) is 15.3. The number of rotatable bonds is 7. The first-order valence-corrected chi connectivity index (χ1v) is 11.1. The Labute approximate surface area is 186 Å². The van der Waals surface area contributed by atoms with Gasteiger partial charge in [0, 0.05) is 17.6 Å². The first-order chi connectivity index (χ1) is 15.4. The number of benzene rings is 2. The van der Waals surface area contributed by atoms with E-state index in [2.05, 4.69) is 27.5 Å². The Morgan fingerprint density at radius 3 is 2.16 bits per heavy atom. The summed E-state index contributed by atoms with van der Waals surface area (Å²) in [5.74, 6) is 0.380. The van der Waals surface area contributed by atoms with E-state index in [1.807, 2.05) is 48.5 Å². The van der Waals surface area contributed by atoms with Crippen molar-refractivity contribution in [3.8, 4) is 0 Å². The number of aromatic nitrogens is 2. The third-order valence-electron chi connectivity index (χ3n) is 5.84. The molecule has 0 bridgehead atoms. The summed E-state index contributed by atoms with van der Waals surface area (Å²) in [7, 11) is 0. The number of alkyl halides is 3. The van der Waals surface area contributed by atoms with Gasteiger partial charge in [0.05, 0.1) is 0 Å². The zero-order valence-corrected chi connectivity index (χ0v) is 18.0. The molecule has 3 aromatic rings. The highest BCUT2D eigenvalue weighted by Gasteiger charge is 2.35. The van der Waals surface area contributed by atoms with Crippen molar-refractivity contribution in [3.05, 3.63) is 71.4 Å². The lowest BCUT2D eigenvalue weighted by atomic mass is 9.97. The van der Waals surface area contributed by atoms with Crippen LogP contribution in [0.2, 0.25) is 0 Å². The second-order valence-corrected chi connectivity index (χ2v) is 8.25. The highest BCUT2D eigenvalue weighted by molar-refractivity contribution is 5.63. The number of halogens is 3. The summed E-state index contributed by atoms with van der Waals surface area (Å²) in [6.07, 6.45) is 3.09. The standard InChI is InChI=1S/C25H27F3N4/c1-2-5-17-8-12-21(13-9-17)31-24-29-16-22(25(26,27)28)23(32-24)30-20-14-10-19(11-15-20)18-6-3-4-7-18/h8-16,18H,2-7H2,1H3,(H2,29,30,31,32). The van der Waals surface area contributed by atoms with Crippen LogP contribution in [0.15, 0.2) is 54.7 Å². The Morgan fingerprint density at radius 2 is 1.53 bits per heavy atom. The molecule has 0 radical (unpaired) electrons. The van der Waals surface area contributed by atoms with E-state index < -0.39 is 11.7 Å². The molecule has 4 rings (SSSR count). The second-order valence-electron chi connectivity index (χ2n) is 8.25. The molecule has 1 aliphatic carbocycles. The van der Waals surface area contributed by atoms with E-state index >= 15 is 0 Å². The zero-order chi connectivity index (χ0) is 22.6. The van der Waals surface area contributed by atoms with Crippen LogP contribution in [-0.2, 0) is 12.6 Å². The lowest BCUT2D eigenvalue weighted by molar-refractivity contribution is -0.137. The first-order valence-electron chi connectivity index (χ1n) is 11.1. The Bertz CT molecular complexity index is 1020. The Hall–Kier alpha value is -3.09. The van der Waals surface area contributed by atoms with E-state index in [0.29, 0.717) is 11.6 Å². The fourth-order valence-electron chi connectivity index (χ4n) is 4.15. The van der Waals surface area contributed by atoms with E-state index in [1.54, 1.807) is 0 Å².